The third-order valence-electron chi connectivity index (χ3n) is 3.07. The van der Waals surface area contributed by atoms with E-state index in [2.05, 4.69) is 15.4 Å². The second-order valence-electron chi connectivity index (χ2n) is 4.80. The number of methoxy groups -OCH3 is 1. The van der Waals surface area contributed by atoms with Crippen molar-refractivity contribution in [1.82, 2.24) is 10.6 Å². The molecule has 0 aliphatic rings. The van der Waals surface area contributed by atoms with Gasteiger partial charge in [0, 0.05) is 11.6 Å². The Hall–Kier alpha value is -2.38. The zero-order chi connectivity index (χ0) is 17.4. The molecule has 8 heteroatoms. The minimum atomic E-state index is -2.99. The van der Waals surface area contributed by atoms with Crippen LogP contribution in [0, 0.1) is 0 Å². The molecule has 0 aromatic heterocycles. The van der Waals surface area contributed by atoms with E-state index >= 15 is 0 Å². The Morgan fingerprint density at radius 3 is 2.52 bits per heavy atom. The number of carbonyl (C=O) groups excluding carboxylic acids is 2. The molecule has 128 valence electrons. The lowest BCUT2D eigenvalue weighted by Crippen LogP contribution is -2.40. The number of benzene rings is 1. The molecule has 23 heavy (non-hydrogen) atoms. The van der Waals surface area contributed by atoms with Crippen LogP contribution in [-0.4, -0.2) is 38.1 Å². The van der Waals surface area contributed by atoms with E-state index in [-0.39, 0.29) is 35.6 Å². The van der Waals surface area contributed by atoms with E-state index in [4.69, 9.17) is 4.74 Å². The summed E-state index contributed by atoms with van der Waals surface area (Å²) in [6, 6.07) is 3.80. The quantitative estimate of drug-likeness (QED) is 0.764. The van der Waals surface area contributed by atoms with E-state index < -0.39 is 12.5 Å². The van der Waals surface area contributed by atoms with Gasteiger partial charge in [-0.3, -0.25) is 9.59 Å². The summed E-state index contributed by atoms with van der Waals surface area (Å²) >= 11 is 0. The van der Waals surface area contributed by atoms with Crippen molar-refractivity contribution in [3.63, 3.8) is 0 Å². The van der Waals surface area contributed by atoms with Crippen LogP contribution in [0.15, 0.2) is 18.2 Å². The van der Waals surface area contributed by atoms with Crippen LogP contribution in [0.5, 0.6) is 11.5 Å². The highest BCUT2D eigenvalue weighted by Gasteiger charge is 2.15. The maximum Gasteiger partial charge on any atom is 0.387 e. The molecule has 1 unspecified atom stereocenters. The van der Waals surface area contributed by atoms with Gasteiger partial charge in [-0.15, -0.1) is 0 Å². The summed E-state index contributed by atoms with van der Waals surface area (Å²) in [4.78, 5) is 23.6. The molecule has 0 aliphatic carbocycles. The topological polar surface area (TPSA) is 76.7 Å². The Morgan fingerprint density at radius 1 is 1.26 bits per heavy atom. The van der Waals surface area contributed by atoms with Crippen molar-refractivity contribution in [3.8, 4) is 11.5 Å². The second-order valence-corrected chi connectivity index (χ2v) is 4.80. The van der Waals surface area contributed by atoms with E-state index in [0.29, 0.717) is 0 Å². The predicted octanol–water partition coefficient (Wildman–Crippen LogP) is 1.94. The molecule has 0 saturated carbocycles. The normalized spacial score (nSPS) is 11.7. The van der Waals surface area contributed by atoms with Crippen molar-refractivity contribution >= 4 is 11.8 Å². The number of rotatable bonds is 8. The first-order chi connectivity index (χ1) is 10.9. The van der Waals surface area contributed by atoms with Gasteiger partial charge in [0.2, 0.25) is 5.91 Å². The highest BCUT2D eigenvalue weighted by molar-refractivity contribution is 5.97. The SMILES string of the molecule is CCC(C)NC(=O)CNC(=O)c1ccc(OC(F)F)c(OC)c1. The molecular weight excluding hydrogens is 310 g/mol. The Balaban J connectivity index is 2.67. The molecule has 0 radical (unpaired) electrons. The van der Waals surface area contributed by atoms with E-state index in [1.54, 1.807) is 0 Å². The van der Waals surface area contributed by atoms with Crippen LogP contribution in [0.4, 0.5) is 8.78 Å². The van der Waals surface area contributed by atoms with Gasteiger partial charge in [-0.1, -0.05) is 6.92 Å². The molecule has 0 aliphatic heterocycles. The van der Waals surface area contributed by atoms with Crippen LogP contribution >= 0.6 is 0 Å². The molecule has 0 saturated heterocycles. The van der Waals surface area contributed by atoms with E-state index in [1.165, 1.54) is 25.3 Å². The van der Waals surface area contributed by atoms with Crippen molar-refractivity contribution in [1.29, 1.82) is 0 Å². The fraction of sp³-hybridized carbons (Fsp3) is 0.467. The second kappa shape index (κ2) is 8.92. The lowest BCUT2D eigenvalue weighted by molar-refractivity contribution is -0.120. The van der Waals surface area contributed by atoms with Crippen LogP contribution in [0.1, 0.15) is 30.6 Å². The molecule has 0 spiro atoms. The maximum atomic E-state index is 12.2. The van der Waals surface area contributed by atoms with E-state index in [9.17, 15) is 18.4 Å². The highest BCUT2D eigenvalue weighted by Crippen LogP contribution is 2.29. The zero-order valence-corrected chi connectivity index (χ0v) is 13.2. The minimum Gasteiger partial charge on any atom is -0.493 e. The number of hydrogen-bond donors (Lipinski definition) is 2. The van der Waals surface area contributed by atoms with Gasteiger partial charge in [0.15, 0.2) is 11.5 Å². The van der Waals surface area contributed by atoms with Gasteiger partial charge in [0.05, 0.1) is 13.7 Å². The molecule has 2 N–H and O–H groups in total. The van der Waals surface area contributed by atoms with Gasteiger partial charge in [0.25, 0.3) is 5.91 Å². The smallest absolute Gasteiger partial charge is 0.387 e. The number of hydrogen-bond acceptors (Lipinski definition) is 4. The average molecular weight is 330 g/mol. The molecule has 1 rings (SSSR count). The lowest BCUT2D eigenvalue weighted by Gasteiger charge is -2.13. The third kappa shape index (κ3) is 6.09. The average Bonchev–Trinajstić information content (AvgIpc) is 2.52. The Bertz CT molecular complexity index is 552. The van der Waals surface area contributed by atoms with Gasteiger partial charge in [-0.05, 0) is 31.5 Å². The third-order valence-corrected chi connectivity index (χ3v) is 3.07. The largest absolute Gasteiger partial charge is 0.493 e. The van der Waals surface area contributed by atoms with Crippen LogP contribution < -0.4 is 20.1 Å². The van der Waals surface area contributed by atoms with Crippen molar-refractivity contribution in [2.75, 3.05) is 13.7 Å². The Kier molecular flexibility index (Phi) is 7.24. The standard InChI is InChI=1S/C15H20F2N2O4/c1-4-9(2)19-13(20)8-18-14(21)10-5-6-11(23-15(16)17)12(7-10)22-3/h5-7,9,15H,4,8H2,1-3H3,(H,18,21)(H,19,20). The summed E-state index contributed by atoms with van der Waals surface area (Å²) < 4.78 is 33.7. The number of amides is 2. The summed E-state index contributed by atoms with van der Waals surface area (Å²) in [5.41, 5.74) is 0.166. The summed E-state index contributed by atoms with van der Waals surface area (Å²) in [6.45, 7) is 0.610. The van der Waals surface area contributed by atoms with Crippen LogP contribution in [0.25, 0.3) is 0 Å². The molecule has 0 fully saturated rings. The zero-order valence-electron chi connectivity index (χ0n) is 13.2. The molecule has 1 atom stereocenters. The van der Waals surface area contributed by atoms with Crippen molar-refractivity contribution in [2.45, 2.75) is 32.9 Å². The van der Waals surface area contributed by atoms with Gasteiger partial charge >= 0.3 is 6.61 Å². The maximum absolute atomic E-state index is 12.2. The minimum absolute atomic E-state index is 0.00186. The number of halogens is 2. The van der Waals surface area contributed by atoms with Gasteiger partial charge in [-0.2, -0.15) is 8.78 Å². The molecule has 0 heterocycles. The summed E-state index contributed by atoms with van der Waals surface area (Å²) in [5, 5.41) is 5.15. The van der Waals surface area contributed by atoms with Gasteiger partial charge < -0.3 is 20.1 Å². The van der Waals surface area contributed by atoms with Crippen LogP contribution in [0.2, 0.25) is 0 Å². The number of alkyl halides is 2. The summed E-state index contributed by atoms with van der Waals surface area (Å²) in [7, 11) is 1.27. The predicted molar refractivity (Wildman–Crippen MR) is 79.9 cm³/mol. The Morgan fingerprint density at radius 2 is 1.96 bits per heavy atom. The molecule has 6 nitrogen and oxygen atoms in total. The fourth-order valence-electron chi connectivity index (χ4n) is 1.69. The molecule has 2 amide bonds. The Labute approximate surface area is 133 Å². The lowest BCUT2D eigenvalue weighted by atomic mass is 10.2. The molecule has 1 aromatic rings. The first-order valence-electron chi connectivity index (χ1n) is 7.07. The fourth-order valence-corrected chi connectivity index (χ4v) is 1.69. The van der Waals surface area contributed by atoms with Crippen molar-refractivity contribution < 1.29 is 27.8 Å². The number of ether oxygens (including phenoxy) is 2. The van der Waals surface area contributed by atoms with Crippen molar-refractivity contribution in [2.24, 2.45) is 0 Å². The number of carbonyl (C=O) groups is 2. The first-order valence-corrected chi connectivity index (χ1v) is 7.07. The molecule has 0 bridgehead atoms. The highest BCUT2D eigenvalue weighted by atomic mass is 19.3. The summed E-state index contributed by atoms with van der Waals surface area (Å²) in [6.07, 6.45) is 0.780. The molecular formula is C15H20F2N2O4. The van der Waals surface area contributed by atoms with Gasteiger partial charge in [-0.25, -0.2) is 0 Å². The van der Waals surface area contributed by atoms with E-state index in [0.717, 1.165) is 6.42 Å². The number of nitrogens with one attached hydrogen (secondary N) is 2. The van der Waals surface area contributed by atoms with Crippen LogP contribution in [-0.2, 0) is 4.79 Å². The van der Waals surface area contributed by atoms with Gasteiger partial charge in [0.1, 0.15) is 0 Å². The monoisotopic (exact) mass is 330 g/mol. The first kappa shape index (κ1) is 18.7. The summed E-state index contributed by atoms with van der Waals surface area (Å²) in [5.74, 6) is -1.00. The van der Waals surface area contributed by atoms with Crippen LogP contribution in [0.3, 0.4) is 0 Å². The van der Waals surface area contributed by atoms with Crippen molar-refractivity contribution in [3.05, 3.63) is 23.8 Å². The van der Waals surface area contributed by atoms with E-state index in [1.807, 2.05) is 13.8 Å². The molecule has 1 aromatic carbocycles.